The molecule has 0 aromatic rings. The first kappa shape index (κ1) is 16.6. The van der Waals surface area contributed by atoms with Crippen molar-refractivity contribution >= 4 is 0 Å². The fourth-order valence-electron chi connectivity index (χ4n) is 3.37. The Kier molecular flexibility index (Phi) is 6.84. The Balaban J connectivity index is 1.66. The summed E-state index contributed by atoms with van der Waals surface area (Å²) in [6.45, 7) is 3.50. The highest BCUT2D eigenvalue weighted by Crippen LogP contribution is 2.35. The molecule has 1 heterocycles. The van der Waals surface area contributed by atoms with Crippen LogP contribution in [0.25, 0.3) is 0 Å². The maximum atomic E-state index is 12.0. The van der Waals surface area contributed by atoms with Gasteiger partial charge in [0, 0.05) is 11.8 Å². The molecule has 0 N–H and O–H groups in total. The number of hydrogen-bond donors (Lipinski definition) is 0. The van der Waals surface area contributed by atoms with Crippen molar-refractivity contribution in [1.29, 1.82) is 0 Å². The minimum Gasteiger partial charge on any atom is -0.352 e. The van der Waals surface area contributed by atoms with Crippen molar-refractivity contribution in [1.82, 2.24) is 0 Å². The second-order valence-electron chi connectivity index (χ2n) is 6.17. The van der Waals surface area contributed by atoms with Crippen LogP contribution in [-0.2, 0) is 9.47 Å². The van der Waals surface area contributed by atoms with E-state index >= 15 is 0 Å². The van der Waals surface area contributed by atoms with Crippen molar-refractivity contribution in [2.45, 2.75) is 51.7 Å². The van der Waals surface area contributed by atoms with Gasteiger partial charge in [-0.1, -0.05) is 12.2 Å². The van der Waals surface area contributed by atoms with Crippen LogP contribution in [0, 0.1) is 17.8 Å². The molecule has 2 rings (SSSR count). The molecular weight excluding hydrogens is 274 g/mol. The van der Waals surface area contributed by atoms with Gasteiger partial charge in [0.25, 0.3) is 6.08 Å². The first-order chi connectivity index (χ1) is 10.2. The Bertz CT molecular complexity index is 348. The third-order valence-corrected chi connectivity index (χ3v) is 4.56. The van der Waals surface area contributed by atoms with Gasteiger partial charge in [0.2, 0.25) is 0 Å². The summed E-state index contributed by atoms with van der Waals surface area (Å²) in [5, 5.41) is 0. The third kappa shape index (κ3) is 5.51. The minimum atomic E-state index is -1.55. The van der Waals surface area contributed by atoms with E-state index in [1.54, 1.807) is 0 Å². The van der Waals surface area contributed by atoms with Gasteiger partial charge in [0.15, 0.2) is 6.29 Å². The number of hydrogen-bond acceptors (Lipinski definition) is 2. The standard InChI is InChI=1S/C17H26F2O2/c1-2-4-14-11-20-17(21-12-14)15-9-7-13(8-10-15)5-3-6-16(18)19/h2,4,6,13-15,17H,3,5,7-12H2,1H3. The Morgan fingerprint density at radius 1 is 1.10 bits per heavy atom. The highest BCUT2D eigenvalue weighted by atomic mass is 19.3. The van der Waals surface area contributed by atoms with Gasteiger partial charge in [-0.25, -0.2) is 0 Å². The second kappa shape index (κ2) is 8.64. The molecule has 21 heavy (non-hydrogen) atoms. The summed E-state index contributed by atoms with van der Waals surface area (Å²) < 4.78 is 35.7. The summed E-state index contributed by atoms with van der Waals surface area (Å²) in [5.74, 6) is 1.43. The summed E-state index contributed by atoms with van der Waals surface area (Å²) in [5.41, 5.74) is 0. The lowest BCUT2D eigenvalue weighted by molar-refractivity contribution is -0.223. The number of ether oxygens (including phenoxy) is 2. The molecule has 120 valence electrons. The van der Waals surface area contributed by atoms with Gasteiger partial charge >= 0.3 is 0 Å². The van der Waals surface area contributed by atoms with Crippen molar-refractivity contribution in [2.24, 2.45) is 17.8 Å². The van der Waals surface area contributed by atoms with Gasteiger partial charge in [-0.15, -0.1) is 0 Å². The zero-order valence-corrected chi connectivity index (χ0v) is 12.8. The van der Waals surface area contributed by atoms with Crippen molar-refractivity contribution in [3.8, 4) is 0 Å². The molecule has 0 bridgehead atoms. The smallest absolute Gasteiger partial charge is 0.266 e. The van der Waals surface area contributed by atoms with Crippen molar-refractivity contribution in [3.63, 3.8) is 0 Å². The summed E-state index contributed by atoms with van der Waals surface area (Å²) >= 11 is 0. The quantitative estimate of drug-likeness (QED) is 0.671. The molecule has 0 spiro atoms. The lowest BCUT2D eigenvalue weighted by Gasteiger charge is -2.37. The highest BCUT2D eigenvalue weighted by molar-refractivity contribution is 4.88. The molecule has 1 aliphatic carbocycles. The maximum absolute atomic E-state index is 12.0. The monoisotopic (exact) mass is 300 g/mol. The molecule has 2 nitrogen and oxygen atoms in total. The number of halogens is 2. The average Bonchev–Trinajstić information content (AvgIpc) is 2.49. The zero-order chi connectivity index (χ0) is 15.1. The fraction of sp³-hybridized carbons (Fsp3) is 0.765. The van der Waals surface area contributed by atoms with Crippen molar-refractivity contribution in [2.75, 3.05) is 13.2 Å². The van der Waals surface area contributed by atoms with E-state index in [0.717, 1.165) is 51.4 Å². The molecule has 1 saturated heterocycles. The SMILES string of the molecule is CC=CC1COC(C2CCC(CCC=C(F)F)CC2)OC1. The molecule has 0 radical (unpaired) electrons. The summed E-state index contributed by atoms with van der Waals surface area (Å²) in [6.07, 6.45) is 9.36. The first-order valence-corrected chi connectivity index (χ1v) is 8.06. The van der Waals surface area contributed by atoms with E-state index in [9.17, 15) is 8.78 Å². The molecule has 0 aromatic carbocycles. The van der Waals surface area contributed by atoms with Gasteiger partial charge in [-0.05, 0) is 57.4 Å². The maximum Gasteiger partial charge on any atom is 0.266 e. The van der Waals surface area contributed by atoms with E-state index in [1.807, 2.05) is 13.0 Å². The second-order valence-corrected chi connectivity index (χ2v) is 6.17. The van der Waals surface area contributed by atoms with E-state index in [2.05, 4.69) is 6.08 Å². The molecule has 0 atom stereocenters. The zero-order valence-electron chi connectivity index (χ0n) is 12.8. The highest BCUT2D eigenvalue weighted by Gasteiger charge is 2.31. The summed E-state index contributed by atoms with van der Waals surface area (Å²) in [6, 6.07) is 0. The van der Waals surface area contributed by atoms with E-state index < -0.39 is 6.08 Å². The van der Waals surface area contributed by atoms with Crippen LogP contribution in [0.15, 0.2) is 24.3 Å². The predicted octanol–water partition coefficient (Wildman–Crippen LogP) is 4.92. The molecule has 1 aliphatic heterocycles. The Morgan fingerprint density at radius 2 is 1.76 bits per heavy atom. The van der Waals surface area contributed by atoms with Crippen LogP contribution in [0.4, 0.5) is 8.78 Å². The molecular formula is C17H26F2O2. The molecule has 0 amide bonds. The van der Waals surface area contributed by atoms with E-state index in [4.69, 9.17) is 9.47 Å². The predicted molar refractivity (Wildman–Crippen MR) is 79.0 cm³/mol. The van der Waals surface area contributed by atoms with Gasteiger partial charge < -0.3 is 9.47 Å². The van der Waals surface area contributed by atoms with E-state index in [1.165, 1.54) is 0 Å². The lowest BCUT2D eigenvalue weighted by atomic mass is 9.79. The van der Waals surface area contributed by atoms with Gasteiger partial charge in [0.1, 0.15) is 0 Å². The van der Waals surface area contributed by atoms with Crippen LogP contribution in [0.5, 0.6) is 0 Å². The minimum absolute atomic E-state index is 0.0596. The lowest BCUT2D eigenvalue weighted by Crippen LogP contribution is -2.38. The van der Waals surface area contributed by atoms with Crippen LogP contribution in [0.2, 0.25) is 0 Å². The topological polar surface area (TPSA) is 18.5 Å². The number of rotatable bonds is 5. The molecule has 0 unspecified atom stereocenters. The first-order valence-electron chi connectivity index (χ1n) is 8.06. The van der Waals surface area contributed by atoms with Crippen molar-refractivity contribution < 1.29 is 18.3 Å². The van der Waals surface area contributed by atoms with Crippen LogP contribution in [0.1, 0.15) is 45.4 Å². The van der Waals surface area contributed by atoms with Crippen molar-refractivity contribution in [3.05, 3.63) is 24.3 Å². The molecule has 2 fully saturated rings. The average molecular weight is 300 g/mol. The Morgan fingerprint density at radius 3 is 2.33 bits per heavy atom. The molecule has 2 aliphatic rings. The van der Waals surface area contributed by atoms with Crippen LogP contribution in [0.3, 0.4) is 0 Å². The van der Waals surface area contributed by atoms with Crippen LogP contribution in [-0.4, -0.2) is 19.5 Å². The fourth-order valence-corrected chi connectivity index (χ4v) is 3.37. The Hall–Kier alpha value is -0.740. The molecule has 1 saturated carbocycles. The van der Waals surface area contributed by atoms with Crippen LogP contribution < -0.4 is 0 Å². The summed E-state index contributed by atoms with van der Waals surface area (Å²) in [4.78, 5) is 0. The van der Waals surface area contributed by atoms with Gasteiger partial charge in [0.05, 0.1) is 13.2 Å². The van der Waals surface area contributed by atoms with Gasteiger partial charge in [-0.2, -0.15) is 8.78 Å². The normalized spacial score (nSPS) is 34.0. The Labute approximate surface area is 126 Å². The largest absolute Gasteiger partial charge is 0.352 e. The third-order valence-electron chi connectivity index (χ3n) is 4.56. The molecule has 4 heteroatoms. The van der Waals surface area contributed by atoms with E-state index in [0.29, 0.717) is 24.2 Å². The van der Waals surface area contributed by atoms with Gasteiger partial charge in [-0.3, -0.25) is 0 Å². The molecule has 0 aromatic heterocycles. The number of allylic oxidation sites excluding steroid dienone is 2. The summed E-state index contributed by atoms with van der Waals surface area (Å²) in [7, 11) is 0. The van der Waals surface area contributed by atoms with E-state index in [-0.39, 0.29) is 6.29 Å². The van der Waals surface area contributed by atoms with Crippen LogP contribution >= 0.6 is 0 Å².